The summed E-state index contributed by atoms with van der Waals surface area (Å²) in [7, 11) is 0. The normalized spacial score (nSPS) is 22.1. The van der Waals surface area contributed by atoms with Crippen LogP contribution < -0.4 is 5.32 Å². The van der Waals surface area contributed by atoms with Crippen LogP contribution in [0.2, 0.25) is 0 Å². The molecule has 32 heavy (non-hydrogen) atoms. The quantitative estimate of drug-likeness (QED) is 0.605. The second kappa shape index (κ2) is 8.65. The van der Waals surface area contributed by atoms with Crippen molar-refractivity contribution in [3.8, 4) is 0 Å². The van der Waals surface area contributed by atoms with Crippen molar-refractivity contribution in [3.63, 3.8) is 0 Å². The fraction of sp³-hybridized carbons (Fsp3) is 0.478. The van der Waals surface area contributed by atoms with E-state index < -0.39 is 11.7 Å². The molecule has 5 rings (SSSR count). The zero-order valence-electron chi connectivity index (χ0n) is 17.9. The van der Waals surface area contributed by atoms with Crippen molar-refractivity contribution in [2.75, 3.05) is 19.6 Å². The number of rotatable bonds is 5. The van der Waals surface area contributed by atoms with Crippen LogP contribution in [0.1, 0.15) is 42.3 Å². The predicted octanol–water partition coefficient (Wildman–Crippen LogP) is 4.44. The standard InChI is InChI=1S/C23H26F3N5.ClH/c1-22(18-5-3-2-4-6-18)15-30(12-10-27-22)14-17-9-11-31-19(13-16-7-8-16)28-29-21(31)20(17)23(24,25)26;/h2-6,9,11,16,27H,7-8,10,12-15H2,1H3;1H. The van der Waals surface area contributed by atoms with E-state index in [1.54, 1.807) is 12.3 Å². The third-order valence-electron chi connectivity index (χ3n) is 6.48. The van der Waals surface area contributed by atoms with Crippen molar-refractivity contribution >= 4 is 18.1 Å². The largest absolute Gasteiger partial charge is 0.420 e. The van der Waals surface area contributed by atoms with Crippen molar-refractivity contribution in [3.05, 3.63) is 65.1 Å². The zero-order valence-corrected chi connectivity index (χ0v) is 18.7. The highest BCUT2D eigenvalue weighted by molar-refractivity contribution is 5.85. The van der Waals surface area contributed by atoms with Crippen LogP contribution in [0.4, 0.5) is 13.2 Å². The first-order valence-electron chi connectivity index (χ1n) is 10.8. The summed E-state index contributed by atoms with van der Waals surface area (Å²) in [6.45, 7) is 4.35. The molecule has 3 aromatic rings. The highest BCUT2D eigenvalue weighted by atomic mass is 35.5. The second-order valence-corrected chi connectivity index (χ2v) is 9.01. The monoisotopic (exact) mass is 465 g/mol. The van der Waals surface area contributed by atoms with Crippen molar-refractivity contribution in [1.29, 1.82) is 0 Å². The van der Waals surface area contributed by atoms with Crippen LogP contribution in [0.3, 0.4) is 0 Å². The summed E-state index contributed by atoms with van der Waals surface area (Å²) in [5.41, 5.74) is 0.330. The van der Waals surface area contributed by atoms with Gasteiger partial charge in [0.25, 0.3) is 0 Å². The second-order valence-electron chi connectivity index (χ2n) is 9.01. The Kier molecular flexibility index (Phi) is 6.22. The van der Waals surface area contributed by atoms with Gasteiger partial charge in [0.05, 0.1) is 5.54 Å². The van der Waals surface area contributed by atoms with E-state index in [0.29, 0.717) is 37.8 Å². The number of halogens is 4. The third kappa shape index (κ3) is 4.49. The van der Waals surface area contributed by atoms with Crippen molar-refractivity contribution < 1.29 is 13.2 Å². The van der Waals surface area contributed by atoms with Crippen LogP contribution in [0.15, 0.2) is 42.6 Å². The summed E-state index contributed by atoms with van der Waals surface area (Å²) < 4.78 is 43.9. The van der Waals surface area contributed by atoms with Gasteiger partial charge in [-0.25, -0.2) is 0 Å². The Morgan fingerprint density at radius 3 is 2.56 bits per heavy atom. The van der Waals surface area contributed by atoms with E-state index in [-0.39, 0.29) is 35.7 Å². The minimum absolute atomic E-state index is 0. The van der Waals surface area contributed by atoms with Crippen LogP contribution >= 0.6 is 12.4 Å². The molecule has 1 aliphatic heterocycles. The Morgan fingerprint density at radius 2 is 1.88 bits per heavy atom. The van der Waals surface area contributed by atoms with Crippen LogP contribution in [-0.2, 0) is 24.7 Å². The minimum Gasteiger partial charge on any atom is -0.305 e. The van der Waals surface area contributed by atoms with Crippen molar-refractivity contribution in [2.45, 2.75) is 44.4 Å². The number of fused-ring (bicyclic) bond motifs is 1. The lowest BCUT2D eigenvalue weighted by molar-refractivity contribution is -0.137. The van der Waals surface area contributed by atoms with Gasteiger partial charge < -0.3 is 5.32 Å². The first kappa shape index (κ1) is 23.0. The van der Waals surface area contributed by atoms with Gasteiger partial charge in [-0.3, -0.25) is 9.30 Å². The molecule has 0 amide bonds. The number of nitrogens with one attached hydrogen (secondary N) is 1. The van der Waals surface area contributed by atoms with Crippen LogP contribution in [0.25, 0.3) is 5.65 Å². The molecular formula is C23H27ClF3N5. The highest BCUT2D eigenvalue weighted by Crippen LogP contribution is 2.37. The fourth-order valence-corrected chi connectivity index (χ4v) is 4.65. The summed E-state index contributed by atoms with van der Waals surface area (Å²) in [4.78, 5) is 2.09. The molecule has 1 aromatic carbocycles. The molecule has 5 nitrogen and oxygen atoms in total. The molecule has 2 aliphatic rings. The minimum atomic E-state index is -4.49. The Hall–Kier alpha value is -2.16. The highest BCUT2D eigenvalue weighted by Gasteiger charge is 2.39. The van der Waals surface area contributed by atoms with E-state index in [9.17, 15) is 13.2 Å². The summed E-state index contributed by atoms with van der Waals surface area (Å²) in [5, 5.41) is 11.6. The molecule has 1 atom stereocenters. The van der Waals surface area contributed by atoms with E-state index in [1.165, 1.54) is 4.40 Å². The van der Waals surface area contributed by atoms with Gasteiger partial charge >= 0.3 is 6.18 Å². The van der Waals surface area contributed by atoms with Crippen molar-refractivity contribution in [2.24, 2.45) is 5.92 Å². The maximum absolute atomic E-state index is 14.1. The molecule has 9 heteroatoms. The van der Waals surface area contributed by atoms with E-state index >= 15 is 0 Å². The number of piperazine rings is 1. The number of nitrogens with zero attached hydrogens (tertiary/aromatic N) is 4. The molecule has 3 heterocycles. The van der Waals surface area contributed by atoms with Gasteiger partial charge in [0.1, 0.15) is 11.4 Å². The lowest BCUT2D eigenvalue weighted by atomic mass is 9.89. The average molecular weight is 466 g/mol. The lowest BCUT2D eigenvalue weighted by Crippen LogP contribution is -2.56. The number of hydrogen-bond acceptors (Lipinski definition) is 4. The van der Waals surface area contributed by atoms with Gasteiger partial charge in [0.2, 0.25) is 0 Å². The van der Waals surface area contributed by atoms with Crippen LogP contribution in [-0.4, -0.2) is 39.1 Å². The maximum Gasteiger partial charge on any atom is 0.420 e. The first-order valence-corrected chi connectivity index (χ1v) is 10.8. The van der Waals surface area contributed by atoms with Gasteiger partial charge in [-0.05, 0) is 42.9 Å². The van der Waals surface area contributed by atoms with Gasteiger partial charge in [-0.15, -0.1) is 22.6 Å². The molecule has 2 aromatic heterocycles. The molecule has 0 radical (unpaired) electrons. The van der Waals surface area contributed by atoms with E-state index in [1.807, 2.05) is 18.2 Å². The average Bonchev–Trinajstić information content (AvgIpc) is 3.46. The van der Waals surface area contributed by atoms with Crippen LogP contribution in [0, 0.1) is 5.92 Å². The Labute approximate surface area is 191 Å². The van der Waals surface area contributed by atoms with E-state index in [4.69, 9.17) is 0 Å². The Bertz CT molecular complexity index is 1080. The molecule has 1 N–H and O–H groups in total. The molecule has 0 bridgehead atoms. The summed E-state index contributed by atoms with van der Waals surface area (Å²) in [5.74, 6) is 1.14. The molecule has 0 spiro atoms. The molecular weight excluding hydrogens is 439 g/mol. The number of aromatic nitrogens is 3. The predicted molar refractivity (Wildman–Crippen MR) is 119 cm³/mol. The van der Waals surface area contributed by atoms with Crippen molar-refractivity contribution in [1.82, 2.24) is 24.8 Å². The summed E-state index contributed by atoms with van der Waals surface area (Å²) in [6, 6.07) is 11.7. The Morgan fingerprint density at radius 1 is 1.12 bits per heavy atom. The number of pyridine rings is 1. The smallest absolute Gasteiger partial charge is 0.305 e. The Balaban J connectivity index is 0.00000245. The topological polar surface area (TPSA) is 45.5 Å². The third-order valence-corrected chi connectivity index (χ3v) is 6.48. The number of alkyl halides is 3. The van der Waals surface area contributed by atoms with E-state index in [0.717, 1.165) is 18.4 Å². The zero-order chi connectivity index (χ0) is 21.6. The van der Waals surface area contributed by atoms with Crippen LogP contribution in [0.5, 0.6) is 0 Å². The SMILES string of the molecule is CC1(c2ccccc2)CN(Cc2ccn3c(CC4CC4)nnc3c2C(F)(F)F)CCN1.Cl. The molecule has 172 valence electrons. The van der Waals surface area contributed by atoms with Gasteiger partial charge in [0.15, 0.2) is 5.65 Å². The maximum atomic E-state index is 14.1. The van der Waals surface area contributed by atoms with Gasteiger partial charge in [0, 0.05) is 38.8 Å². The molecule has 2 fully saturated rings. The molecule has 1 saturated carbocycles. The fourth-order valence-electron chi connectivity index (χ4n) is 4.65. The molecule has 1 saturated heterocycles. The number of hydrogen-bond donors (Lipinski definition) is 1. The van der Waals surface area contributed by atoms with Gasteiger partial charge in [-0.1, -0.05) is 30.3 Å². The van der Waals surface area contributed by atoms with E-state index in [2.05, 4.69) is 39.5 Å². The van der Waals surface area contributed by atoms with Gasteiger partial charge in [-0.2, -0.15) is 13.2 Å². The number of benzene rings is 1. The molecule has 1 aliphatic carbocycles. The summed E-state index contributed by atoms with van der Waals surface area (Å²) in [6.07, 6.45) is 0.129. The first-order chi connectivity index (χ1) is 14.8. The lowest BCUT2D eigenvalue weighted by Gasteiger charge is -2.42. The molecule has 1 unspecified atom stereocenters. The summed E-state index contributed by atoms with van der Waals surface area (Å²) >= 11 is 0.